The fourth-order valence-electron chi connectivity index (χ4n) is 2.57. The van der Waals surface area contributed by atoms with Crippen LogP contribution in [0.2, 0.25) is 0 Å². The number of carbonyl (C=O) groups is 1. The monoisotopic (exact) mass is 330 g/mol. The molecule has 0 bridgehead atoms. The van der Waals surface area contributed by atoms with Crippen LogP contribution in [0.1, 0.15) is 28.9 Å². The number of amides is 1. The molecule has 0 radical (unpaired) electrons. The zero-order valence-corrected chi connectivity index (χ0v) is 13.9. The van der Waals surface area contributed by atoms with Crippen molar-refractivity contribution in [3.63, 3.8) is 0 Å². The van der Waals surface area contributed by atoms with Crippen molar-refractivity contribution in [1.29, 1.82) is 0 Å². The van der Waals surface area contributed by atoms with Gasteiger partial charge in [-0.05, 0) is 18.3 Å². The lowest BCUT2D eigenvalue weighted by atomic mass is 10.1. The molecule has 7 heteroatoms. The van der Waals surface area contributed by atoms with Gasteiger partial charge in [0.25, 0.3) is 5.91 Å². The number of aromatic nitrogens is 3. The number of nitrogens with zero attached hydrogens (tertiary/aromatic N) is 2. The third-order valence-corrected chi connectivity index (χ3v) is 4.19. The largest absolute Gasteiger partial charge is 0.460 e. The van der Waals surface area contributed by atoms with Crippen LogP contribution in [0.25, 0.3) is 11.0 Å². The van der Waals surface area contributed by atoms with Crippen LogP contribution in [0.4, 0.5) is 0 Å². The van der Waals surface area contributed by atoms with Gasteiger partial charge in [0.15, 0.2) is 4.77 Å². The van der Waals surface area contributed by atoms with Crippen LogP contribution < -0.4 is 5.32 Å². The second-order valence-corrected chi connectivity index (χ2v) is 5.65. The number of H-pyrrole nitrogens is 1. The first-order chi connectivity index (χ1) is 11.1. The first-order valence-electron chi connectivity index (χ1n) is 7.50. The molecule has 0 aliphatic rings. The molecule has 0 saturated carbocycles. The summed E-state index contributed by atoms with van der Waals surface area (Å²) >= 11 is 5.07. The summed E-state index contributed by atoms with van der Waals surface area (Å²) in [6, 6.07) is 7.59. The van der Waals surface area contributed by atoms with Crippen LogP contribution in [0, 0.1) is 4.77 Å². The maximum absolute atomic E-state index is 12.6. The van der Waals surface area contributed by atoms with Gasteiger partial charge in [-0.25, -0.2) is 0 Å². The standard InChI is InChI=1S/C16H18N4O2S/c1-3-11-14(10-6-4-5-7-12(10)22-11)15(21)17-9-8-13-18-19-16(23)20(13)2/h4-7H,3,8-9H2,1-2H3,(H,17,21)(H,19,23). The van der Waals surface area contributed by atoms with E-state index >= 15 is 0 Å². The molecule has 23 heavy (non-hydrogen) atoms. The second kappa shape index (κ2) is 6.37. The molecular formula is C16H18N4O2S. The van der Waals surface area contributed by atoms with Gasteiger partial charge < -0.3 is 14.3 Å². The van der Waals surface area contributed by atoms with Crippen LogP contribution in [0.15, 0.2) is 28.7 Å². The molecule has 0 atom stereocenters. The number of rotatable bonds is 5. The van der Waals surface area contributed by atoms with E-state index in [1.165, 1.54) is 0 Å². The third kappa shape index (κ3) is 2.92. The van der Waals surface area contributed by atoms with Gasteiger partial charge in [-0.3, -0.25) is 9.89 Å². The van der Waals surface area contributed by atoms with E-state index in [1.54, 1.807) is 4.57 Å². The normalized spacial score (nSPS) is 11.0. The van der Waals surface area contributed by atoms with Crippen molar-refractivity contribution in [2.45, 2.75) is 19.8 Å². The Labute approximate surface area is 138 Å². The molecule has 0 aliphatic carbocycles. The average molecular weight is 330 g/mol. The summed E-state index contributed by atoms with van der Waals surface area (Å²) in [6.07, 6.45) is 1.28. The lowest BCUT2D eigenvalue weighted by Gasteiger charge is -2.05. The van der Waals surface area contributed by atoms with Crippen molar-refractivity contribution in [3.05, 3.63) is 46.2 Å². The van der Waals surface area contributed by atoms with E-state index in [0.29, 0.717) is 35.5 Å². The molecule has 2 heterocycles. The summed E-state index contributed by atoms with van der Waals surface area (Å²) in [5.41, 5.74) is 1.36. The predicted molar refractivity (Wildman–Crippen MR) is 90.0 cm³/mol. The zero-order valence-electron chi connectivity index (χ0n) is 13.0. The molecule has 0 fully saturated rings. The summed E-state index contributed by atoms with van der Waals surface area (Å²) in [5, 5.41) is 10.7. The highest BCUT2D eigenvalue weighted by molar-refractivity contribution is 7.71. The molecular weight excluding hydrogens is 312 g/mol. The Morgan fingerprint density at radius 1 is 1.43 bits per heavy atom. The summed E-state index contributed by atoms with van der Waals surface area (Å²) in [5.74, 6) is 1.40. The Morgan fingerprint density at radius 2 is 2.22 bits per heavy atom. The smallest absolute Gasteiger partial charge is 0.255 e. The third-order valence-electron chi connectivity index (χ3n) is 3.82. The molecule has 6 nitrogen and oxygen atoms in total. The molecule has 3 rings (SSSR count). The SMILES string of the molecule is CCc1oc2ccccc2c1C(=O)NCCc1n[nH]c(=S)n1C. The van der Waals surface area contributed by atoms with Gasteiger partial charge in [0, 0.05) is 31.8 Å². The molecule has 0 spiro atoms. The van der Waals surface area contributed by atoms with Crippen LogP contribution in [0.5, 0.6) is 0 Å². The highest BCUT2D eigenvalue weighted by Gasteiger charge is 2.19. The zero-order chi connectivity index (χ0) is 16.4. The van der Waals surface area contributed by atoms with Crippen molar-refractivity contribution >= 4 is 29.1 Å². The molecule has 0 aliphatic heterocycles. The van der Waals surface area contributed by atoms with E-state index < -0.39 is 0 Å². The highest BCUT2D eigenvalue weighted by Crippen LogP contribution is 2.26. The topological polar surface area (TPSA) is 75.8 Å². The van der Waals surface area contributed by atoms with Crippen LogP contribution in [-0.2, 0) is 19.9 Å². The number of aryl methyl sites for hydroxylation is 1. The minimum atomic E-state index is -0.122. The summed E-state index contributed by atoms with van der Waals surface area (Å²) in [7, 11) is 1.85. The number of carbonyl (C=O) groups excluding carboxylic acids is 1. The number of benzene rings is 1. The van der Waals surface area contributed by atoms with E-state index in [9.17, 15) is 4.79 Å². The molecule has 120 valence electrons. The maximum atomic E-state index is 12.6. The Morgan fingerprint density at radius 3 is 2.91 bits per heavy atom. The number of para-hydroxylation sites is 1. The average Bonchev–Trinajstić information content (AvgIpc) is 3.09. The molecule has 0 unspecified atom stereocenters. The molecule has 1 amide bonds. The van der Waals surface area contributed by atoms with E-state index in [-0.39, 0.29) is 5.91 Å². The molecule has 2 aromatic heterocycles. The number of aromatic amines is 1. The Balaban J connectivity index is 1.76. The van der Waals surface area contributed by atoms with Crippen molar-refractivity contribution in [3.8, 4) is 0 Å². The second-order valence-electron chi connectivity index (χ2n) is 5.26. The maximum Gasteiger partial charge on any atom is 0.255 e. The highest BCUT2D eigenvalue weighted by atomic mass is 32.1. The number of hydrogen-bond donors (Lipinski definition) is 2. The lowest BCUT2D eigenvalue weighted by molar-refractivity contribution is 0.0953. The van der Waals surface area contributed by atoms with Gasteiger partial charge in [-0.15, -0.1) is 0 Å². The summed E-state index contributed by atoms with van der Waals surface area (Å²) in [6.45, 7) is 2.46. The van der Waals surface area contributed by atoms with Gasteiger partial charge in [-0.1, -0.05) is 25.1 Å². The molecule has 2 N–H and O–H groups in total. The lowest BCUT2D eigenvalue weighted by Crippen LogP contribution is -2.27. The fourth-order valence-corrected chi connectivity index (χ4v) is 2.72. The summed E-state index contributed by atoms with van der Waals surface area (Å²) < 4.78 is 8.13. The predicted octanol–water partition coefficient (Wildman–Crippen LogP) is 2.76. The number of fused-ring (bicyclic) bond motifs is 1. The first kappa shape index (κ1) is 15.5. The van der Waals surface area contributed by atoms with Gasteiger partial charge in [0.05, 0.1) is 5.56 Å². The van der Waals surface area contributed by atoms with Crippen LogP contribution in [-0.4, -0.2) is 27.2 Å². The van der Waals surface area contributed by atoms with Gasteiger partial charge in [-0.2, -0.15) is 5.10 Å². The van der Waals surface area contributed by atoms with Crippen molar-refractivity contribution in [2.75, 3.05) is 6.54 Å². The van der Waals surface area contributed by atoms with Crippen molar-refractivity contribution < 1.29 is 9.21 Å². The number of nitrogens with one attached hydrogen (secondary N) is 2. The number of furan rings is 1. The minimum absolute atomic E-state index is 0.122. The molecule has 1 aromatic carbocycles. The van der Waals surface area contributed by atoms with Crippen LogP contribution in [0.3, 0.4) is 0 Å². The molecule has 0 saturated heterocycles. The summed E-state index contributed by atoms with van der Waals surface area (Å²) in [4.78, 5) is 12.6. The molecule has 3 aromatic rings. The fraction of sp³-hybridized carbons (Fsp3) is 0.312. The Bertz CT molecular complexity index is 906. The number of hydrogen-bond acceptors (Lipinski definition) is 4. The minimum Gasteiger partial charge on any atom is -0.460 e. The van der Waals surface area contributed by atoms with E-state index in [2.05, 4.69) is 15.5 Å². The van der Waals surface area contributed by atoms with Gasteiger partial charge in [0.2, 0.25) is 0 Å². The van der Waals surface area contributed by atoms with Crippen molar-refractivity contribution in [2.24, 2.45) is 7.05 Å². The Hall–Kier alpha value is -2.41. The van der Waals surface area contributed by atoms with Crippen molar-refractivity contribution in [1.82, 2.24) is 20.1 Å². The first-order valence-corrected chi connectivity index (χ1v) is 7.91. The van der Waals surface area contributed by atoms with E-state index in [4.69, 9.17) is 16.6 Å². The van der Waals surface area contributed by atoms with E-state index in [0.717, 1.165) is 16.8 Å². The van der Waals surface area contributed by atoms with Crippen LogP contribution >= 0.6 is 12.2 Å². The van der Waals surface area contributed by atoms with Gasteiger partial charge in [0.1, 0.15) is 17.2 Å². The van der Waals surface area contributed by atoms with Gasteiger partial charge >= 0.3 is 0 Å². The quantitative estimate of drug-likeness (QED) is 0.705. The Kier molecular flexibility index (Phi) is 4.29. The van der Waals surface area contributed by atoms with E-state index in [1.807, 2.05) is 38.2 Å².